The molecule has 0 spiro atoms. The van der Waals surface area contributed by atoms with E-state index in [-0.39, 0.29) is 17.3 Å². The summed E-state index contributed by atoms with van der Waals surface area (Å²) in [5.74, 6) is -0.318. The topological polar surface area (TPSA) is 131 Å². The molecule has 0 radical (unpaired) electrons. The average Bonchev–Trinajstić information content (AvgIpc) is 2.34. The third kappa shape index (κ3) is 4.40. The molecule has 0 aliphatic rings. The first-order chi connectivity index (χ1) is 9.24. The predicted molar refractivity (Wildman–Crippen MR) is 73.7 cm³/mol. The Morgan fingerprint density at radius 1 is 1.50 bits per heavy atom. The van der Waals surface area contributed by atoms with E-state index in [1.807, 2.05) is 19.0 Å². The van der Waals surface area contributed by atoms with Crippen LogP contribution in [-0.2, 0) is 10.0 Å². The van der Waals surface area contributed by atoms with Gasteiger partial charge in [0, 0.05) is 18.8 Å². The fourth-order valence-corrected chi connectivity index (χ4v) is 2.46. The molecule has 0 aromatic carbocycles. The zero-order chi connectivity index (χ0) is 15.3. The molecular weight excluding hydrogens is 286 g/mol. The Labute approximate surface area is 117 Å². The molecule has 0 saturated heterocycles. The quantitative estimate of drug-likeness (QED) is 0.405. The van der Waals surface area contributed by atoms with Gasteiger partial charge in [0.1, 0.15) is 4.90 Å². The van der Waals surface area contributed by atoms with E-state index in [0.717, 1.165) is 18.8 Å². The van der Waals surface area contributed by atoms with Crippen LogP contribution >= 0.6 is 0 Å². The molecule has 1 heterocycles. The number of pyridine rings is 1. The highest BCUT2D eigenvalue weighted by Crippen LogP contribution is 2.21. The maximum absolute atomic E-state index is 11.9. The SMILES string of the molecule is CN(C)CCCNS(=O)(=O)c1cnc(N)c([N+](=O)[O-])c1. The van der Waals surface area contributed by atoms with E-state index in [9.17, 15) is 18.5 Å². The molecule has 0 fully saturated rings. The minimum Gasteiger partial charge on any atom is -0.378 e. The van der Waals surface area contributed by atoms with Crippen molar-refractivity contribution in [1.29, 1.82) is 0 Å². The first-order valence-corrected chi connectivity index (χ1v) is 7.26. The second-order valence-corrected chi connectivity index (χ2v) is 6.15. The Kier molecular flexibility index (Phi) is 5.36. The highest BCUT2D eigenvalue weighted by atomic mass is 32.2. The van der Waals surface area contributed by atoms with Crippen LogP contribution in [0.1, 0.15) is 6.42 Å². The van der Waals surface area contributed by atoms with Crippen molar-refractivity contribution in [2.24, 2.45) is 0 Å². The summed E-state index contributed by atoms with van der Waals surface area (Å²) < 4.78 is 26.2. The lowest BCUT2D eigenvalue weighted by Gasteiger charge is -2.10. The van der Waals surface area contributed by atoms with Crippen LogP contribution in [0.3, 0.4) is 0 Å². The van der Waals surface area contributed by atoms with Gasteiger partial charge in [-0.15, -0.1) is 0 Å². The van der Waals surface area contributed by atoms with Gasteiger partial charge in [-0.3, -0.25) is 10.1 Å². The summed E-state index contributed by atoms with van der Waals surface area (Å²) in [6.07, 6.45) is 1.62. The van der Waals surface area contributed by atoms with E-state index < -0.39 is 20.6 Å². The Bertz CT molecular complexity index is 587. The van der Waals surface area contributed by atoms with Crippen LogP contribution in [0, 0.1) is 10.1 Å². The van der Waals surface area contributed by atoms with Crippen LogP contribution in [0.5, 0.6) is 0 Å². The molecule has 0 bridgehead atoms. The van der Waals surface area contributed by atoms with E-state index in [1.165, 1.54) is 0 Å². The smallest absolute Gasteiger partial charge is 0.312 e. The number of nitro groups is 1. The number of hydrogen-bond donors (Lipinski definition) is 2. The first kappa shape index (κ1) is 16.3. The van der Waals surface area contributed by atoms with Gasteiger partial charge in [-0.2, -0.15) is 0 Å². The van der Waals surface area contributed by atoms with Gasteiger partial charge in [0.15, 0.2) is 0 Å². The summed E-state index contributed by atoms with van der Waals surface area (Å²) in [6, 6.07) is 0.899. The van der Waals surface area contributed by atoms with Gasteiger partial charge in [0.25, 0.3) is 0 Å². The summed E-state index contributed by atoms with van der Waals surface area (Å²) in [5.41, 5.74) is 4.79. The van der Waals surface area contributed by atoms with E-state index >= 15 is 0 Å². The van der Waals surface area contributed by atoms with Crippen LogP contribution in [0.4, 0.5) is 11.5 Å². The number of hydrogen-bond acceptors (Lipinski definition) is 7. The molecule has 0 aliphatic heterocycles. The van der Waals surface area contributed by atoms with Crippen molar-refractivity contribution < 1.29 is 13.3 Å². The number of aromatic nitrogens is 1. The molecule has 1 aromatic rings. The van der Waals surface area contributed by atoms with Crippen molar-refractivity contribution in [3.05, 3.63) is 22.4 Å². The van der Waals surface area contributed by atoms with Crippen molar-refractivity contribution in [1.82, 2.24) is 14.6 Å². The average molecular weight is 303 g/mol. The molecule has 10 heteroatoms. The van der Waals surface area contributed by atoms with Gasteiger partial charge in [-0.1, -0.05) is 0 Å². The van der Waals surface area contributed by atoms with E-state index in [2.05, 4.69) is 9.71 Å². The summed E-state index contributed by atoms with van der Waals surface area (Å²) >= 11 is 0. The fourth-order valence-electron chi connectivity index (χ4n) is 1.42. The maximum Gasteiger partial charge on any atom is 0.312 e. The third-order valence-corrected chi connectivity index (χ3v) is 3.88. The van der Waals surface area contributed by atoms with Crippen molar-refractivity contribution in [2.45, 2.75) is 11.3 Å². The molecular formula is C10H17N5O4S. The number of nitrogens with one attached hydrogen (secondary N) is 1. The van der Waals surface area contributed by atoms with Crippen molar-refractivity contribution >= 4 is 21.5 Å². The lowest BCUT2D eigenvalue weighted by molar-refractivity contribution is -0.384. The number of anilines is 1. The van der Waals surface area contributed by atoms with Gasteiger partial charge < -0.3 is 10.6 Å². The van der Waals surface area contributed by atoms with Crippen LogP contribution < -0.4 is 10.5 Å². The van der Waals surface area contributed by atoms with Crippen LogP contribution in [0.25, 0.3) is 0 Å². The zero-order valence-electron chi connectivity index (χ0n) is 11.2. The van der Waals surface area contributed by atoms with Crippen molar-refractivity contribution in [3.63, 3.8) is 0 Å². The zero-order valence-corrected chi connectivity index (χ0v) is 12.1. The number of nitrogen functional groups attached to an aromatic ring is 1. The molecule has 0 unspecified atom stereocenters. The van der Waals surface area contributed by atoms with Gasteiger partial charge in [0.05, 0.1) is 4.92 Å². The van der Waals surface area contributed by atoms with Gasteiger partial charge in [-0.05, 0) is 27.1 Å². The highest BCUT2D eigenvalue weighted by molar-refractivity contribution is 7.89. The fraction of sp³-hybridized carbons (Fsp3) is 0.500. The number of nitrogens with zero attached hydrogens (tertiary/aromatic N) is 3. The van der Waals surface area contributed by atoms with Gasteiger partial charge >= 0.3 is 5.69 Å². The maximum atomic E-state index is 11.9. The Balaban J connectivity index is 2.82. The Morgan fingerprint density at radius 2 is 2.15 bits per heavy atom. The number of sulfonamides is 1. The second-order valence-electron chi connectivity index (χ2n) is 4.39. The highest BCUT2D eigenvalue weighted by Gasteiger charge is 2.20. The molecule has 0 aliphatic carbocycles. The second kappa shape index (κ2) is 6.59. The molecule has 3 N–H and O–H groups in total. The molecule has 20 heavy (non-hydrogen) atoms. The van der Waals surface area contributed by atoms with Gasteiger partial charge in [0.2, 0.25) is 15.8 Å². The minimum absolute atomic E-state index is 0.235. The molecule has 1 aromatic heterocycles. The van der Waals surface area contributed by atoms with Crippen molar-refractivity contribution in [3.8, 4) is 0 Å². The largest absolute Gasteiger partial charge is 0.378 e. The molecule has 0 atom stereocenters. The third-order valence-electron chi connectivity index (χ3n) is 2.45. The number of rotatable bonds is 7. The van der Waals surface area contributed by atoms with Gasteiger partial charge in [-0.25, -0.2) is 18.1 Å². The van der Waals surface area contributed by atoms with E-state index in [0.29, 0.717) is 6.42 Å². The summed E-state index contributed by atoms with van der Waals surface area (Å²) in [6.45, 7) is 0.960. The standard InChI is InChI=1S/C10H17N5O4S/c1-14(2)5-3-4-13-20(18,19)8-6-9(15(16)17)10(11)12-7-8/h6-7,13H,3-5H2,1-2H3,(H2,11,12). The first-order valence-electron chi connectivity index (χ1n) is 5.78. The predicted octanol–water partition coefficient (Wildman–Crippen LogP) is -0.198. The molecule has 9 nitrogen and oxygen atoms in total. The molecule has 0 amide bonds. The summed E-state index contributed by atoms with van der Waals surface area (Å²) in [7, 11) is -0.0685. The van der Waals surface area contributed by atoms with Crippen LogP contribution in [-0.4, -0.2) is 50.4 Å². The molecule has 1 rings (SSSR count). The Morgan fingerprint density at radius 3 is 2.70 bits per heavy atom. The van der Waals surface area contributed by atoms with E-state index in [4.69, 9.17) is 5.73 Å². The summed E-state index contributed by atoms with van der Waals surface area (Å²) in [4.78, 5) is 15.1. The molecule has 0 saturated carbocycles. The van der Waals surface area contributed by atoms with Crippen molar-refractivity contribution in [2.75, 3.05) is 32.9 Å². The van der Waals surface area contributed by atoms with E-state index in [1.54, 1.807) is 0 Å². The Hall–Kier alpha value is -1.78. The summed E-state index contributed by atoms with van der Waals surface area (Å²) in [5, 5.41) is 10.7. The lowest BCUT2D eigenvalue weighted by atomic mass is 10.4. The minimum atomic E-state index is -3.82. The monoisotopic (exact) mass is 303 g/mol. The normalized spacial score (nSPS) is 11.8. The molecule has 112 valence electrons. The van der Waals surface area contributed by atoms with Crippen LogP contribution in [0.2, 0.25) is 0 Å². The van der Waals surface area contributed by atoms with Crippen LogP contribution in [0.15, 0.2) is 17.2 Å². The number of nitrogens with two attached hydrogens (primary N) is 1. The lowest BCUT2D eigenvalue weighted by Crippen LogP contribution is -2.27.